The Labute approximate surface area is 176 Å². The van der Waals surface area contributed by atoms with Crippen molar-refractivity contribution in [1.29, 1.82) is 0 Å². The van der Waals surface area contributed by atoms with Gasteiger partial charge in [-0.1, -0.05) is 44.4 Å². The first-order valence-corrected chi connectivity index (χ1v) is 12.2. The van der Waals surface area contributed by atoms with Crippen molar-refractivity contribution in [3.05, 3.63) is 0 Å². The maximum Gasteiger partial charge on any atom is 0.305 e. The number of rotatable bonds is 16. The van der Waals surface area contributed by atoms with Gasteiger partial charge in [-0.3, -0.25) is 9.59 Å². The van der Waals surface area contributed by atoms with Crippen LogP contribution in [0.5, 0.6) is 0 Å². The van der Waals surface area contributed by atoms with E-state index in [9.17, 15) is 18.0 Å². The minimum absolute atomic E-state index is 0.0788. The second-order valence-electron chi connectivity index (χ2n) is 6.85. The zero-order valence-electron chi connectivity index (χ0n) is 18.1. The Bertz CT molecular complexity index is 621. The highest BCUT2D eigenvalue weighted by Crippen LogP contribution is 2.07. The van der Waals surface area contributed by atoms with Crippen molar-refractivity contribution in [3.63, 3.8) is 0 Å². The fourth-order valence-electron chi connectivity index (χ4n) is 2.59. The Morgan fingerprint density at radius 3 is 2.41 bits per heavy atom. The smallest absolute Gasteiger partial charge is 0.305 e. The van der Waals surface area contributed by atoms with E-state index in [4.69, 9.17) is 9.47 Å². The van der Waals surface area contributed by atoms with Gasteiger partial charge in [-0.05, 0) is 32.6 Å². The predicted molar refractivity (Wildman–Crippen MR) is 114 cm³/mol. The standard InChI is InChI=1S/C21H37NO6S/c1-4-6-9-14-20(28-19(3)23)15-11-13-18-29(25,26)22-17-12-8-7-10-16-21(24)27-5-2/h20,22H,4-10,12-14,16-18H2,1-3H3. The maximum atomic E-state index is 12.0. The second kappa shape index (κ2) is 17.3. The molecule has 0 fully saturated rings. The van der Waals surface area contributed by atoms with E-state index in [0.29, 0.717) is 26.0 Å². The highest BCUT2D eigenvalue weighted by Gasteiger charge is 2.10. The van der Waals surface area contributed by atoms with Crippen LogP contribution in [-0.4, -0.2) is 45.4 Å². The van der Waals surface area contributed by atoms with Crippen LogP contribution >= 0.6 is 0 Å². The van der Waals surface area contributed by atoms with Crippen LogP contribution in [0.25, 0.3) is 0 Å². The summed E-state index contributed by atoms with van der Waals surface area (Å²) < 4.78 is 36.6. The molecule has 7 nitrogen and oxygen atoms in total. The van der Waals surface area contributed by atoms with Crippen molar-refractivity contribution in [2.45, 2.75) is 91.1 Å². The van der Waals surface area contributed by atoms with Crippen LogP contribution in [0.4, 0.5) is 0 Å². The molecule has 0 bridgehead atoms. The van der Waals surface area contributed by atoms with Gasteiger partial charge in [-0.25, -0.2) is 13.1 Å². The van der Waals surface area contributed by atoms with Crippen LogP contribution in [-0.2, 0) is 29.1 Å². The number of hydrogen-bond donors (Lipinski definition) is 1. The number of carbonyl (C=O) groups is 2. The SMILES string of the molecule is CCCCCC(C#CCCS(=O)(=O)NCCCCCCC(=O)OCC)OC(C)=O. The number of hydrogen-bond acceptors (Lipinski definition) is 6. The first kappa shape index (κ1) is 27.4. The average molecular weight is 432 g/mol. The largest absolute Gasteiger partial charge is 0.466 e. The van der Waals surface area contributed by atoms with Gasteiger partial charge in [0, 0.05) is 26.3 Å². The van der Waals surface area contributed by atoms with Crippen molar-refractivity contribution < 1.29 is 27.5 Å². The highest BCUT2D eigenvalue weighted by atomic mass is 32.2. The first-order valence-electron chi connectivity index (χ1n) is 10.6. The van der Waals surface area contributed by atoms with Crippen LogP contribution in [0.15, 0.2) is 0 Å². The maximum absolute atomic E-state index is 12.0. The van der Waals surface area contributed by atoms with Crippen LogP contribution in [0, 0.1) is 11.8 Å². The number of nitrogens with one attached hydrogen (secondary N) is 1. The van der Waals surface area contributed by atoms with Crippen molar-refractivity contribution >= 4 is 22.0 Å². The zero-order valence-corrected chi connectivity index (χ0v) is 18.9. The van der Waals surface area contributed by atoms with Crippen molar-refractivity contribution in [2.75, 3.05) is 18.9 Å². The van der Waals surface area contributed by atoms with Crippen LogP contribution in [0.3, 0.4) is 0 Å². The van der Waals surface area contributed by atoms with Gasteiger partial charge in [0.25, 0.3) is 0 Å². The third-order valence-electron chi connectivity index (χ3n) is 4.07. The summed E-state index contributed by atoms with van der Waals surface area (Å²) in [5.74, 6) is 5.05. The Hall–Kier alpha value is -1.59. The molecule has 0 saturated heterocycles. The van der Waals surface area contributed by atoms with E-state index in [1.54, 1.807) is 6.92 Å². The normalized spacial score (nSPS) is 12.0. The van der Waals surface area contributed by atoms with Gasteiger partial charge in [-0.2, -0.15) is 0 Å². The highest BCUT2D eigenvalue weighted by molar-refractivity contribution is 7.89. The lowest BCUT2D eigenvalue weighted by molar-refractivity contribution is -0.144. The van der Waals surface area contributed by atoms with E-state index < -0.39 is 16.1 Å². The fraction of sp³-hybridized carbons (Fsp3) is 0.810. The number of unbranched alkanes of at least 4 members (excludes halogenated alkanes) is 5. The Kier molecular flexibility index (Phi) is 16.3. The van der Waals surface area contributed by atoms with Gasteiger partial charge in [0.15, 0.2) is 6.10 Å². The van der Waals surface area contributed by atoms with E-state index in [0.717, 1.165) is 44.9 Å². The molecule has 0 aromatic rings. The lowest BCUT2D eigenvalue weighted by Gasteiger charge is -2.10. The predicted octanol–water partition coefficient (Wildman–Crippen LogP) is 3.32. The summed E-state index contributed by atoms with van der Waals surface area (Å²) in [6.07, 6.45) is 7.02. The number of ether oxygens (including phenoxy) is 2. The molecule has 1 atom stereocenters. The van der Waals surface area contributed by atoms with Gasteiger partial charge in [0.1, 0.15) is 0 Å². The molecular weight excluding hydrogens is 394 g/mol. The monoisotopic (exact) mass is 431 g/mol. The molecule has 1 unspecified atom stereocenters. The second-order valence-corrected chi connectivity index (χ2v) is 8.77. The molecule has 0 aromatic carbocycles. The summed E-state index contributed by atoms with van der Waals surface area (Å²) in [4.78, 5) is 22.3. The molecule has 0 aromatic heterocycles. The van der Waals surface area contributed by atoms with Crippen molar-refractivity contribution in [3.8, 4) is 11.8 Å². The summed E-state index contributed by atoms with van der Waals surface area (Å²) >= 11 is 0. The summed E-state index contributed by atoms with van der Waals surface area (Å²) in [7, 11) is -3.37. The molecule has 8 heteroatoms. The fourth-order valence-corrected chi connectivity index (χ4v) is 3.56. The lowest BCUT2D eigenvalue weighted by atomic mass is 10.1. The van der Waals surface area contributed by atoms with Crippen molar-refractivity contribution in [2.24, 2.45) is 0 Å². The lowest BCUT2D eigenvalue weighted by Crippen LogP contribution is -2.27. The number of carbonyl (C=O) groups excluding carboxylic acids is 2. The molecule has 168 valence electrons. The number of esters is 2. The minimum atomic E-state index is -3.37. The van der Waals surface area contributed by atoms with E-state index in [-0.39, 0.29) is 24.1 Å². The molecule has 29 heavy (non-hydrogen) atoms. The molecule has 0 aliphatic carbocycles. The Morgan fingerprint density at radius 1 is 1.03 bits per heavy atom. The Morgan fingerprint density at radius 2 is 1.76 bits per heavy atom. The van der Waals surface area contributed by atoms with Gasteiger partial charge in [0.2, 0.25) is 10.0 Å². The minimum Gasteiger partial charge on any atom is -0.466 e. The molecule has 0 rings (SSSR count). The van der Waals surface area contributed by atoms with E-state index in [1.165, 1.54) is 6.92 Å². The van der Waals surface area contributed by atoms with Gasteiger partial charge in [0.05, 0.1) is 12.4 Å². The molecule has 0 spiro atoms. The molecule has 0 aliphatic heterocycles. The van der Waals surface area contributed by atoms with E-state index in [1.807, 2.05) is 0 Å². The summed E-state index contributed by atoms with van der Waals surface area (Å²) in [5.41, 5.74) is 0. The molecule has 1 N–H and O–H groups in total. The first-order chi connectivity index (χ1) is 13.8. The summed E-state index contributed by atoms with van der Waals surface area (Å²) in [5, 5.41) is 0. The molecule has 0 heterocycles. The zero-order chi connectivity index (χ0) is 22.0. The van der Waals surface area contributed by atoms with Crippen molar-refractivity contribution in [1.82, 2.24) is 4.72 Å². The average Bonchev–Trinajstić information content (AvgIpc) is 2.64. The summed E-state index contributed by atoms with van der Waals surface area (Å²) in [6.45, 7) is 5.99. The van der Waals surface area contributed by atoms with E-state index >= 15 is 0 Å². The van der Waals surface area contributed by atoms with Gasteiger partial charge < -0.3 is 9.47 Å². The third-order valence-corrected chi connectivity index (χ3v) is 5.46. The van der Waals surface area contributed by atoms with E-state index in [2.05, 4.69) is 23.5 Å². The van der Waals surface area contributed by atoms with Crippen LogP contribution in [0.2, 0.25) is 0 Å². The van der Waals surface area contributed by atoms with Gasteiger partial charge >= 0.3 is 11.9 Å². The summed E-state index contributed by atoms with van der Waals surface area (Å²) in [6, 6.07) is 0. The topological polar surface area (TPSA) is 98.8 Å². The van der Waals surface area contributed by atoms with Crippen LogP contribution in [0.1, 0.15) is 85.0 Å². The molecule has 0 saturated carbocycles. The molecule has 0 radical (unpaired) electrons. The number of sulfonamides is 1. The molecular formula is C21H37NO6S. The Balaban J connectivity index is 4.03. The van der Waals surface area contributed by atoms with Crippen LogP contribution < -0.4 is 4.72 Å². The molecule has 0 aliphatic rings. The van der Waals surface area contributed by atoms with Gasteiger partial charge in [-0.15, -0.1) is 0 Å². The third kappa shape index (κ3) is 18.2. The quantitative estimate of drug-likeness (QED) is 0.229. The molecule has 0 amide bonds.